The summed E-state index contributed by atoms with van der Waals surface area (Å²) in [6.45, 7) is 7.33. The van der Waals surface area contributed by atoms with Gasteiger partial charge in [-0.3, -0.25) is 0 Å². The Morgan fingerprint density at radius 1 is 0.750 bits per heavy atom. The second kappa shape index (κ2) is 7.40. The van der Waals surface area contributed by atoms with Crippen LogP contribution in [0.15, 0.2) is 78.9 Å². The second-order valence-corrected chi connectivity index (χ2v) is 10.4. The van der Waals surface area contributed by atoms with Gasteiger partial charge in [0.15, 0.2) is 0 Å². The van der Waals surface area contributed by atoms with Crippen LogP contribution in [0.1, 0.15) is 62.4 Å². The molecule has 3 unspecified atom stereocenters. The third-order valence-electron chi connectivity index (χ3n) is 8.79. The molecule has 3 aromatic carbocycles. The normalized spacial score (nSPS) is 29.4. The van der Waals surface area contributed by atoms with Crippen molar-refractivity contribution < 1.29 is 0 Å². The van der Waals surface area contributed by atoms with Crippen LogP contribution >= 0.6 is 0 Å². The molecule has 3 aliphatic rings. The van der Waals surface area contributed by atoms with E-state index >= 15 is 0 Å². The summed E-state index contributed by atoms with van der Waals surface area (Å²) >= 11 is 0. The minimum atomic E-state index is 0.178. The summed E-state index contributed by atoms with van der Waals surface area (Å²) in [5.74, 6) is 0.759. The second-order valence-electron chi connectivity index (χ2n) is 10.4. The van der Waals surface area contributed by atoms with Gasteiger partial charge in [-0.15, -0.1) is 0 Å². The average molecular weight is 423 g/mol. The predicted octanol–water partition coefficient (Wildman–Crippen LogP) is 7.24. The van der Waals surface area contributed by atoms with Crippen molar-refractivity contribution in [1.82, 2.24) is 0 Å². The molecule has 0 amide bonds. The number of aryl methyl sites for hydroxylation is 1. The van der Waals surface area contributed by atoms with Crippen molar-refractivity contribution in [2.75, 3.05) is 9.80 Å². The Labute approximate surface area is 192 Å². The zero-order valence-corrected chi connectivity index (χ0v) is 19.5. The number of fused-ring (bicyclic) bond motifs is 3. The first-order valence-corrected chi connectivity index (χ1v) is 12.4. The summed E-state index contributed by atoms with van der Waals surface area (Å²) in [4.78, 5) is 5.51. The van der Waals surface area contributed by atoms with E-state index in [2.05, 4.69) is 109 Å². The summed E-state index contributed by atoms with van der Waals surface area (Å²) in [6.07, 6.45) is 5.70. The molecule has 164 valence electrons. The van der Waals surface area contributed by atoms with Gasteiger partial charge in [-0.2, -0.15) is 0 Å². The maximum Gasteiger partial charge on any atom is 0.129 e. The van der Waals surface area contributed by atoms with Crippen molar-refractivity contribution >= 4 is 11.4 Å². The number of benzene rings is 3. The number of hydrogen-bond donors (Lipinski definition) is 0. The number of para-hydroxylation sites is 2. The summed E-state index contributed by atoms with van der Waals surface area (Å²) in [5.41, 5.74) is 7.32. The molecular formula is C30H34N2. The molecule has 0 N–H and O–H groups in total. The Hall–Kier alpha value is -2.74. The Kier molecular flexibility index (Phi) is 4.61. The van der Waals surface area contributed by atoms with Gasteiger partial charge in [0.05, 0.1) is 6.04 Å². The Morgan fingerprint density at radius 2 is 1.38 bits per heavy atom. The van der Waals surface area contributed by atoms with E-state index in [0.29, 0.717) is 12.1 Å². The van der Waals surface area contributed by atoms with Gasteiger partial charge in [0.25, 0.3) is 0 Å². The van der Waals surface area contributed by atoms with Crippen molar-refractivity contribution in [1.29, 1.82) is 0 Å². The molecule has 1 saturated heterocycles. The molecule has 4 atom stereocenters. The lowest BCUT2D eigenvalue weighted by Crippen LogP contribution is -2.49. The highest BCUT2D eigenvalue weighted by Crippen LogP contribution is 2.61. The van der Waals surface area contributed by atoms with Crippen LogP contribution in [0, 0.1) is 12.8 Å². The van der Waals surface area contributed by atoms with Gasteiger partial charge in [-0.25, -0.2) is 0 Å². The zero-order valence-electron chi connectivity index (χ0n) is 19.5. The van der Waals surface area contributed by atoms with Crippen LogP contribution in [0.5, 0.6) is 0 Å². The van der Waals surface area contributed by atoms with Crippen LogP contribution in [-0.2, 0) is 5.41 Å². The third kappa shape index (κ3) is 2.65. The fraction of sp³-hybridized carbons (Fsp3) is 0.400. The van der Waals surface area contributed by atoms with Crippen LogP contribution in [-0.4, -0.2) is 12.1 Å². The standard InChI is InChI=1S/C30H34N2/c1-21-13-7-11-19-26(21)31-22(2)28-30(3,24-16-8-9-17-24)25-18-10-12-20-27(25)32(28)29(31)23-14-5-4-6-15-23/h4-7,10-15,18-20,22,24,28-29H,8-9,16-17H2,1-3H3/t22-,28?,29?,30?/m0/s1. The average Bonchev–Trinajstić information content (AvgIpc) is 3.52. The lowest BCUT2D eigenvalue weighted by molar-refractivity contribution is 0.251. The fourth-order valence-electron chi connectivity index (χ4n) is 7.42. The van der Waals surface area contributed by atoms with Crippen molar-refractivity contribution in [3.8, 4) is 0 Å². The van der Waals surface area contributed by atoms with Gasteiger partial charge in [0.1, 0.15) is 6.17 Å². The molecule has 1 aliphatic carbocycles. The van der Waals surface area contributed by atoms with E-state index in [1.807, 2.05) is 0 Å². The van der Waals surface area contributed by atoms with E-state index in [1.165, 1.54) is 48.2 Å². The van der Waals surface area contributed by atoms with Gasteiger partial charge in [0, 0.05) is 22.8 Å². The monoisotopic (exact) mass is 422 g/mol. The van der Waals surface area contributed by atoms with E-state index in [0.717, 1.165) is 5.92 Å². The van der Waals surface area contributed by atoms with Crippen LogP contribution in [0.2, 0.25) is 0 Å². The first kappa shape index (κ1) is 19.9. The van der Waals surface area contributed by atoms with Crippen LogP contribution in [0.4, 0.5) is 11.4 Å². The Morgan fingerprint density at radius 3 is 2.09 bits per heavy atom. The van der Waals surface area contributed by atoms with Gasteiger partial charge in [0.2, 0.25) is 0 Å². The van der Waals surface area contributed by atoms with E-state index in [4.69, 9.17) is 0 Å². The zero-order chi connectivity index (χ0) is 21.9. The lowest BCUT2D eigenvalue weighted by atomic mass is 9.66. The molecule has 2 fully saturated rings. The van der Waals surface area contributed by atoms with Gasteiger partial charge in [-0.05, 0) is 61.4 Å². The van der Waals surface area contributed by atoms with E-state index < -0.39 is 0 Å². The van der Waals surface area contributed by atoms with Crippen molar-refractivity contribution in [2.45, 2.75) is 70.1 Å². The highest BCUT2D eigenvalue weighted by molar-refractivity contribution is 5.72. The lowest BCUT2D eigenvalue weighted by Gasteiger charge is -2.41. The molecule has 0 bridgehead atoms. The summed E-state index contributed by atoms with van der Waals surface area (Å²) in [6, 6.07) is 30.3. The van der Waals surface area contributed by atoms with Crippen LogP contribution < -0.4 is 9.80 Å². The molecule has 0 spiro atoms. The molecule has 2 aliphatic heterocycles. The van der Waals surface area contributed by atoms with Gasteiger partial charge in [-0.1, -0.05) is 86.5 Å². The van der Waals surface area contributed by atoms with Crippen molar-refractivity contribution in [3.63, 3.8) is 0 Å². The maximum absolute atomic E-state index is 2.79. The van der Waals surface area contributed by atoms with E-state index in [1.54, 1.807) is 5.56 Å². The molecule has 32 heavy (non-hydrogen) atoms. The van der Waals surface area contributed by atoms with E-state index in [9.17, 15) is 0 Å². The highest BCUT2D eigenvalue weighted by atomic mass is 15.5. The molecule has 0 radical (unpaired) electrons. The molecule has 3 aromatic rings. The van der Waals surface area contributed by atoms with Gasteiger partial charge >= 0.3 is 0 Å². The summed E-state index contributed by atoms with van der Waals surface area (Å²) < 4.78 is 0. The SMILES string of the molecule is Cc1ccccc1N1C(c2ccccc2)N2c3ccccc3C(C)(C3CCCC3)C2[C@@H]1C. The van der Waals surface area contributed by atoms with Crippen LogP contribution in [0.25, 0.3) is 0 Å². The van der Waals surface area contributed by atoms with Crippen LogP contribution in [0.3, 0.4) is 0 Å². The molecule has 2 heterocycles. The molecule has 1 saturated carbocycles. The molecule has 2 heteroatoms. The quantitative estimate of drug-likeness (QED) is 0.439. The smallest absolute Gasteiger partial charge is 0.129 e. The maximum atomic E-state index is 2.79. The topological polar surface area (TPSA) is 6.48 Å². The Balaban J connectivity index is 1.59. The Bertz CT molecular complexity index is 1120. The molecule has 2 nitrogen and oxygen atoms in total. The minimum absolute atomic E-state index is 0.178. The third-order valence-corrected chi connectivity index (χ3v) is 8.79. The molecule has 6 rings (SSSR count). The summed E-state index contributed by atoms with van der Waals surface area (Å²) in [5, 5.41) is 0. The molecule has 0 aromatic heterocycles. The largest absolute Gasteiger partial charge is 0.342 e. The first-order valence-electron chi connectivity index (χ1n) is 12.4. The highest BCUT2D eigenvalue weighted by Gasteiger charge is 2.61. The van der Waals surface area contributed by atoms with Crippen molar-refractivity contribution in [3.05, 3.63) is 95.6 Å². The summed E-state index contributed by atoms with van der Waals surface area (Å²) in [7, 11) is 0. The number of rotatable bonds is 3. The number of anilines is 2. The van der Waals surface area contributed by atoms with Gasteiger partial charge < -0.3 is 9.80 Å². The minimum Gasteiger partial charge on any atom is -0.342 e. The predicted molar refractivity (Wildman–Crippen MR) is 134 cm³/mol. The fourth-order valence-corrected chi connectivity index (χ4v) is 7.42. The number of nitrogens with zero attached hydrogens (tertiary/aromatic N) is 2. The first-order chi connectivity index (χ1) is 15.6. The van der Waals surface area contributed by atoms with Crippen molar-refractivity contribution in [2.24, 2.45) is 5.92 Å². The van der Waals surface area contributed by atoms with E-state index in [-0.39, 0.29) is 11.6 Å². The molecular weight excluding hydrogens is 388 g/mol. The number of hydrogen-bond acceptors (Lipinski definition) is 2.